The molecule has 0 aliphatic carbocycles. The number of benzene rings is 3. The number of piperidine rings is 3. The van der Waals surface area contributed by atoms with Gasteiger partial charge >= 0.3 is 30.6 Å². The highest BCUT2D eigenvalue weighted by Crippen LogP contribution is 2.42. The molecule has 6 heterocycles. The molecule has 1 amide bonds. The molecule has 1 N–H and O–H groups in total. The van der Waals surface area contributed by atoms with Crippen molar-refractivity contribution in [2.45, 2.75) is 130 Å². The molecule has 86 heavy (non-hydrogen) atoms. The summed E-state index contributed by atoms with van der Waals surface area (Å²) in [6, 6.07) is 18.2. The van der Waals surface area contributed by atoms with Crippen molar-refractivity contribution in [1.82, 2.24) is 25.2 Å². The molecule has 6 atom stereocenters. The first-order valence-corrected chi connectivity index (χ1v) is 30.2. The van der Waals surface area contributed by atoms with Gasteiger partial charge in [-0.05, 0) is 169 Å². The fourth-order valence-corrected chi connectivity index (χ4v) is 11.5. The minimum absolute atomic E-state index is 0. The minimum Gasteiger partial charge on any atom is -0.460 e. The first-order valence-electron chi connectivity index (χ1n) is 28.0. The molecule has 6 aromatic rings. The summed E-state index contributed by atoms with van der Waals surface area (Å²) in [7, 11) is 3.63. The summed E-state index contributed by atoms with van der Waals surface area (Å²) in [5, 5.41) is 4.78. The van der Waals surface area contributed by atoms with E-state index in [4.69, 9.17) is 9.47 Å². The van der Waals surface area contributed by atoms with Crippen molar-refractivity contribution in [3.63, 3.8) is 0 Å². The van der Waals surface area contributed by atoms with E-state index in [1.807, 2.05) is 58.4 Å². The molecule has 0 unspecified atom stereocenters. The molecule has 3 fully saturated rings. The number of nitrogens with zero attached hydrogens (tertiary/aromatic N) is 7. The second-order valence-corrected chi connectivity index (χ2v) is 24.2. The van der Waals surface area contributed by atoms with Gasteiger partial charge in [0.25, 0.3) is 0 Å². The van der Waals surface area contributed by atoms with Crippen LogP contribution < -0.4 is 20.0 Å². The van der Waals surface area contributed by atoms with Gasteiger partial charge in [-0.25, -0.2) is 4.79 Å². The third-order valence-corrected chi connectivity index (χ3v) is 14.7. The standard InChI is InChI=1S/C22H28F3N3O2.C22H27F3N2O2.C17H20F3N3.CH3I.2ClH/c1-14-11-15(27(5)20(29)30-21(2,3)4)13-28(12-14)18-9-8-17(22(23,24)25)19-16(18)7-6-10-26-19;1-14-10-15(11-19(28)29-21(2,3)4)13-27(12-14)18-8-7-17(22(23,24)25)20-16(18)6-5-9-26-20;1-11-8-12(21-2)10-23(9-11)15-6-5-14(17(18,19)20)16-13(15)4-3-7-22-16;1-2;;/h6-10,14-15H,11-13H2,1-5H3;5-9,14-15H,10-13H2,1-4H3;3-7,11-12,21H,8-10H2,1-2H3;1H3;2*1H/t14-,15+;14-,15-;11-,12+;;;/m000.../s1. The lowest BCUT2D eigenvalue weighted by atomic mass is 9.87. The van der Waals surface area contributed by atoms with Crippen LogP contribution in [0.1, 0.15) is 105 Å². The van der Waals surface area contributed by atoms with Crippen LogP contribution >= 0.6 is 47.4 Å². The summed E-state index contributed by atoms with van der Waals surface area (Å²) in [5.41, 5.74) is -1.11. The number of carbonyl (C=O) groups is 2. The number of alkyl halides is 10. The van der Waals surface area contributed by atoms with E-state index >= 15 is 0 Å². The predicted molar refractivity (Wildman–Crippen MR) is 337 cm³/mol. The van der Waals surface area contributed by atoms with E-state index in [0.717, 1.165) is 68.5 Å². The molecule has 0 radical (unpaired) electrons. The van der Waals surface area contributed by atoms with Gasteiger partial charge in [-0.2, -0.15) is 39.5 Å². The van der Waals surface area contributed by atoms with Crippen molar-refractivity contribution >= 4 is 109 Å². The number of anilines is 3. The maximum absolute atomic E-state index is 13.4. The van der Waals surface area contributed by atoms with Crippen molar-refractivity contribution in [3.8, 4) is 0 Å². The lowest BCUT2D eigenvalue weighted by Crippen LogP contribution is -2.52. The summed E-state index contributed by atoms with van der Waals surface area (Å²) in [6.45, 7) is 21.4. The molecule has 0 bridgehead atoms. The Hall–Kier alpha value is -5.33. The summed E-state index contributed by atoms with van der Waals surface area (Å²) in [6.07, 6.45) is -6.51. The molecule has 9 rings (SSSR count). The second-order valence-electron chi connectivity index (χ2n) is 24.2. The summed E-state index contributed by atoms with van der Waals surface area (Å²) in [5.74, 6) is 0.890. The quantitative estimate of drug-likeness (QED) is 0.0713. The van der Waals surface area contributed by atoms with E-state index < -0.39 is 52.5 Å². The average Bonchev–Trinajstić information content (AvgIpc) is 1.21. The normalized spacial score (nSPS) is 20.2. The van der Waals surface area contributed by atoms with Crippen molar-refractivity contribution in [1.29, 1.82) is 0 Å². The lowest BCUT2D eigenvalue weighted by Gasteiger charge is -2.42. The van der Waals surface area contributed by atoms with Crippen molar-refractivity contribution in [2.24, 2.45) is 23.7 Å². The molecule has 3 aliphatic heterocycles. The number of halogens is 12. The number of esters is 1. The van der Waals surface area contributed by atoms with Crippen LogP contribution in [0.4, 0.5) is 61.4 Å². The smallest absolute Gasteiger partial charge is 0.418 e. The zero-order valence-corrected chi connectivity index (χ0v) is 54.3. The third kappa shape index (κ3) is 19.3. The fourth-order valence-electron chi connectivity index (χ4n) is 11.5. The summed E-state index contributed by atoms with van der Waals surface area (Å²) >= 11 is 2.15. The Bertz CT molecular complexity index is 3200. The zero-order valence-electron chi connectivity index (χ0n) is 50.6. The number of carbonyl (C=O) groups excluding carboxylic acids is 2. The van der Waals surface area contributed by atoms with Crippen LogP contribution in [0.3, 0.4) is 0 Å². The number of fused-ring (bicyclic) bond motifs is 3. The van der Waals surface area contributed by atoms with Crippen molar-refractivity contribution in [2.75, 3.05) is 73.0 Å². The number of amides is 1. The number of hydrogen-bond donors (Lipinski definition) is 1. The van der Waals surface area contributed by atoms with Crippen LogP contribution in [-0.4, -0.2) is 113 Å². The Kier molecular flexibility index (Phi) is 25.7. The second kappa shape index (κ2) is 30.3. The molecular formula is C62H80Cl2F9IN8O4. The Balaban J connectivity index is 0.000000271. The molecule has 12 nitrogen and oxygen atoms in total. The number of likely N-dealkylation sites (N-methyl/N-ethyl adjacent to an activating group) is 2. The number of rotatable bonds is 7. The van der Waals surface area contributed by atoms with Crippen LogP contribution in [0, 0.1) is 23.7 Å². The summed E-state index contributed by atoms with van der Waals surface area (Å²) < 4.78 is 131. The van der Waals surface area contributed by atoms with Crippen LogP contribution in [0.25, 0.3) is 32.7 Å². The summed E-state index contributed by atoms with van der Waals surface area (Å²) in [4.78, 5) is 46.7. The van der Waals surface area contributed by atoms with E-state index in [2.05, 4.69) is 73.4 Å². The van der Waals surface area contributed by atoms with Crippen LogP contribution in [-0.2, 0) is 32.8 Å². The Morgan fingerprint density at radius 3 is 1.28 bits per heavy atom. The first-order chi connectivity index (χ1) is 39.2. The van der Waals surface area contributed by atoms with E-state index in [-0.39, 0.29) is 65.2 Å². The van der Waals surface area contributed by atoms with E-state index in [1.54, 1.807) is 54.4 Å². The number of ether oxygens (including phenoxy) is 2. The predicted octanol–water partition coefficient (Wildman–Crippen LogP) is 16.4. The lowest BCUT2D eigenvalue weighted by molar-refractivity contribution is -0.156. The SMILES string of the molecule is CI.CN[C@@H]1C[C@H](C)CN(c2ccc(C(F)(F)F)c3ncccc23)C1.C[C@H]1C[C@@H](CC(=O)OC(C)(C)C)CN(c2ccc(C(F)(F)F)c3ncccc23)C1.C[C@H]1C[C@@H](N(C)C(=O)OC(C)(C)C)CN(c2ccc(C(F)(F)F)c3ncccc23)C1.Cl.Cl. The molecular weight excluding hydrogens is 1290 g/mol. The maximum atomic E-state index is 13.4. The number of pyridine rings is 3. The van der Waals surface area contributed by atoms with Gasteiger partial charge in [0, 0.05) is 104 Å². The number of aromatic nitrogens is 3. The monoisotopic (exact) mass is 1370 g/mol. The van der Waals surface area contributed by atoms with Gasteiger partial charge in [0.1, 0.15) is 11.2 Å². The molecule has 476 valence electrons. The Morgan fingerprint density at radius 2 is 0.907 bits per heavy atom. The molecule has 24 heteroatoms. The Morgan fingerprint density at radius 1 is 0.547 bits per heavy atom. The molecule has 3 aliphatic rings. The topological polar surface area (TPSA) is 116 Å². The van der Waals surface area contributed by atoms with Gasteiger partial charge in [-0.1, -0.05) is 43.4 Å². The highest BCUT2D eigenvalue weighted by Gasteiger charge is 2.39. The minimum atomic E-state index is -4.47. The van der Waals surface area contributed by atoms with Crippen LogP contribution in [0.5, 0.6) is 0 Å². The fraction of sp³-hybridized carbons (Fsp3) is 0.532. The van der Waals surface area contributed by atoms with Crippen LogP contribution in [0.15, 0.2) is 91.4 Å². The highest BCUT2D eigenvalue weighted by molar-refractivity contribution is 14.1. The maximum Gasteiger partial charge on any atom is 0.418 e. The number of nitrogens with one attached hydrogen (secondary N) is 1. The molecule has 3 aromatic heterocycles. The van der Waals surface area contributed by atoms with Gasteiger partial charge in [-0.15, -0.1) is 24.8 Å². The van der Waals surface area contributed by atoms with Crippen LogP contribution in [0.2, 0.25) is 0 Å². The van der Waals surface area contributed by atoms with Gasteiger partial charge in [-0.3, -0.25) is 19.7 Å². The number of hydrogen-bond acceptors (Lipinski definition) is 11. The largest absolute Gasteiger partial charge is 0.460 e. The van der Waals surface area contributed by atoms with E-state index in [1.165, 1.54) is 30.7 Å². The Labute approximate surface area is 524 Å². The molecule has 0 saturated carbocycles. The van der Waals surface area contributed by atoms with Gasteiger partial charge < -0.3 is 34.4 Å². The van der Waals surface area contributed by atoms with Crippen molar-refractivity contribution < 1.29 is 58.6 Å². The third-order valence-electron chi connectivity index (χ3n) is 14.7. The highest BCUT2D eigenvalue weighted by atomic mass is 127. The molecule has 0 spiro atoms. The molecule has 3 saturated heterocycles. The van der Waals surface area contributed by atoms with Gasteiger partial charge in [0.15, 0.2) is 0 Å². The van der Waals surface area contributed by atoms with Gasteiger partial charge in [0.05, 0.1) is 45.7 Å². The van der Waals surface area contributed by atoms with E-state index in [9.17, 15) is 49.1 Å². The molecule has 3 aromatic carbocycles. The van der Waals surface area contributed by atoms with Crippen molar-refractivity contribution in [3.05, 3.63) is 108 Å². The van der Waals surface area contributed by atoms with E-state index in [0.29, 0.717) is 65.8 Å². The average molecular weight is 1370 g/mol. The first kappa shape index (κ1) is 73.1. The zero-order chi connectivity index (χ0) is 62.3. The van der Waals surface area contributed by atoms with Gasteiger partial charge in [0.2, 0.25) is 0 Å².